The van der Waals surface area contributed by atoms with Crippen LogP contribution in [0.5, 0.6) is 0 Å². The summed E-state index contributed by atoms with van der Waals surface area (Å²) in [5.41, 5.74) is 2.60. The number of hydrogen-bond acceptors (Lipinski definition) is 3. The Balaban J connectivity index is 2.13. The van der Waals surface area contributed by atoms with Crippen molar-refractivity contribution in [3.63, 3.8) is 0 Å². The summed E-state index contributed by atoms with van der Waals surface area (Å²) in [4.78, 5) is 5.96. The summed E-state index contributed by atoms with van der Waals surface area (Å²) in [6.45, 7) is 1.98. The molecule has 0 spiro atoms. The summed E-state index contributed by atoms with van der Waals surface area (Å²) >= 11 is 1.75. The highest BCUT2D eigenvalue weighted by Crippen LogP contribution is 2.26. The summed E-state index contributed by atoms with van der Waals surface area (Å²) in [6, 6.07) is 4.21. The lowest BCUT2D eigenvalue weighted by Gasteiger charge is -2.12. The maximum Gasteiger partial charge on any atom is 0.150 e. The van der Waals surface area contributed by atoms with Gasteiger partial charge >= 0.3 is 0 Å². The van der Waals surface area contributed by atoms with Crippen molar-refractivity contribution in [3.8, 4) is 10.7 Å². The van der Waals surface area contributed by atoms with E-state index < -0.39 is 0 Å². The van der Waals surface area contributed by atoms with E-state index in [2.05, 4.69) is 34.4 Å². The highest BCUT2D eigenvalue weighted by atomic mass is 32.1. The van der Waals surface area contributed by atoms with Gasteiger partial charge in [0.15, 0.2) is 0 Å². The third-order valence-electron chi connectivity index (χ3n) is 2.87. The lowest BCUT2D eigenvalue weighted by atomic mass is 10.2. The molecule has 1 aliphatic heterocycles. The molecular formula is C11H13N3S. The zero-order chi connectivity index (χ0) is 10.3. The summed E-state index contributed by atoms with van der Waals surface area (Å²) in [5.74, 6) is 1.11. The molecule has 0 aromatic carbocycles. The molecule has 0 unspecified atom stereocenters. The number of aromatic nitrogens is 2. The van der Waals surface area contributed by atoms with Crippen molar-refractivity contribution in [2.45, 2.75) is 13.0 Å². The van der Waals surface area contributed by atoms with E-state index in [-0.39, 0.29) is 0 Å². The number of rotatable bonds is 1. The number of hydrogen-bond donors (Lipinski definition) is 1. The molecule has 0 fully saturated rings. The van der Waals surface area contributed by atoms with Crippen LogP contribution in [0.15, 0.2) is 17.5 Å². The fourth-order valence-corrected chi connectivity index (χ4v) is 2.83. The second-order valence-electron chi connectivity index (χ2n) is 3.79. The third kappa shape index (κ3) is 1.41. The van der Waals surface area contributed by atoms with Crippen LogP contribution in [-0.2, 0) is 20.0 Å². The van der Waals surface area contributed by atoms with Crippen LogP contribution in [0.25, 0.3) is 10.7 Å². The monoisotopic (exact) mass is 219 g/mol. The van der Waals surface area contributed by atoms with Crippen molar-refractivity contribution in [1.82, 2.24) is 14.9 Å². The first-order valence-electron chi connectivity index (χ1n) is 5.15. The molecule has 0 aliphatic carbocycles. The molecule has 4 heteroatoms. The van der Waals surface area contributed by atoms with Crippen molar-refractivity contribution in [2.75, 3.05) is 6.54 Å². The van der Waals surface area contributed by atoms with Crippen molar-refractivity contribution in [1.29, 1.82) is 0 Å². The highest BCUT2D eigenvalue weighted by molar-refractivity contribution is 7.13. The van der Waals surface area contributed by atoms with Crippen LogP contribution >= 0.6 is 11.3 Å². The molecule has 0 saturated heterocycles. The van der Waals surface area contributed by atoms with Gasteiger partial charge in [0.05, 0.1) is 10.6 Å². The molecule has 15 heavy (non-hydrogen) atoms. The first kappa shape index (κ1) is 9.12. The average Bonchev–Trinajstić information content (AvgIpc) is 2.87. The van der Waals surface area contributed by atoms with Crippen molar-refractivity contribution in [2.24, 2.45) is 7.05 Å². The second kappa shape index (κ2) is 3.47. The second-order valence-corrected chi connectivity index (χ2v) is 4.74. The smallest absolute Gasteiger partial charge is 0.150 e. The lowest BCUT2D eigenvalue weighted by Crippen LogP contribution is -2.24. The van der Waals surface area contributed by atoms with Crippen molar-refractivity contribution >= 4 is 11.3 Å². The van der Waals surface area contributed by atoms with E-state index in [0.717, 1.165) is 25.3 Å². The standard InChI is InChI=1S/C11H13N3S/c1-14-9-4-5-12-7-8(9)13-11(14)10-3-2-6-15-10/h2-3,6,12H,4-5,7H2,1H3. The minimum atomic E-state index is 0.911. The zero-order valence-electron chi connectivity index (χ0n) is 8.66. The third-order valence-corrected chi connectivity index (χ3v) is 3.73. The van der Waals surface area contributed by atoms with E-state index in [0.29, 0.717) is 0 Å². The first-order valence-corrected chi connectivity index (χ1v) is 6.03. The maximum atomic E-state index is 4.70. The fraction of sp³-hybridized carbons (Fsp3) is 0.364. The van der Waals surface area contributed by atoms with Crippen LogP contribution in [0, 0.1) is 0 Å². The number of nitrogens with zero attached hydrogens (tertiary/aromatic N) is 2. The molecule has 3 nitrogen and oxygen atoms in total. The van der Waals surface area contributed by atoms with Gasteiger partial charge in [-0.25, -0.2) is 4.98 Å². The molecule has 0 atom stereocenters. The summed E-state index contributed by atoms with van der Waals surface area (Å²) < 4.78 is 2.24. The summed E-state index contributed by atoms with van der Waals surface area (Å²) in [7, 11) is 2.12. The van der Waals surface area contributed by atoms with Gasteiger partial charge in [0, 0.05) is 32.3 Å². The van der Waals surface area contributed by atoms with Gasteiger partial charge in [-0.15, -0.1) is 11.3 Å². The van der Waals surface area contributed by atoms with Crippen LogP contribution < -0.4 is 5.32 Å². The minimum Gasteiger partial charge on any atom is -0.330 e. The highest BCUT2D eigenvalue weighted by Gasteiger charge is 2.18. The quantitative estimate of drug-likeness (QED) is 0.792. The molecule has 2 aromatic heterocycles. The Kier molecular flexibility index (Phi) is 2.11. The van der Waals surface area contributed by atoms with E-state index >= 15 is 0 Å². The Morgan fingerprint density at radius 3 is 3.20 bits per heavy atom. The van der Waals surface area contributed by atoms with Gasteiger partial charge in [-0.1, -0.05) is 6.07 Å². The van der Waals surface area contributed by atoms with Gasteiger partial charge in [-0.05, 0) is 11.4 Å². The predicted octanol–water partition coefficient (Wildman–Crippen LogP) is 1.79. The van der Waals surface area contributed by atoms with Gasteiger partial charge in [0.1, 0.15) is 5.82 Å². The lowest BCUT2D eigenvalue weighted by molar-refractivity contribution is 0.612. The Labute approximate surface area is 92.8 Å². The van der Waals surface area contributed by atoms with E-state index in [9.17, 15) is 0 Å². The summed E-state index contributed by atoms with van der Waals surface area (Å²) in [6.07, 6.45) is 1.09. The molecule has 1 aliphatic rings. The topological polar surface area (TPSA) is 29.9 Å². The van der Waals surface area contributed by atoms with Crippen LogP contribution in [0.3, 0.4) is 0 Å². The van der Waals surface area contributed by atoms with Gasteiger partial charge < -0.3 is 9.88 Å². The molecule has 0 radical (unpaired) electrons. The zero-order valence-corrected chi connectivity index (χ0v) is 9.47. The molecule has 1 N–H and O–H groups in total. The van der Waals surface area contributed by atoms with Crippen LogP contribution in [0.1, 0.15) is 11.4 Å². The minimum absolute atomic E-state index is 0.911. The van der Waals surface area contributed by atoms with E-state index in [1.54, 1.807) is 11.3 Å². The maximum absolute atomic E-state index is 4.70. The van der Waals surface area contributed by atoms with Crippen molar-refractivity contribution < 1.29 is 0 Å². The molecule has 78 valence electrons. The van der Waals surface area contributed by atoms with E-state index in [1.165, 1.54) is 16.3 Å². The van der Waals surface area contributed by atoms with Crippen LogP contribution in [0.2, 0.25) is 0 Å². The molecular weight excluding hydrogens is 206 g/mol. The van der Waals surface area contributed by atoms with Crippen LogP contribution in [0.4, 0.5) is 0 Å². The van der Waals surface area contributed by atoms with Gasteiger partial charge in [0.25, 0.3) is 0 Å². The Morgan fingerprint density at radius 1 is 1.53 bits per heavy atom. The SMILES string of the molecule is Cn1c(-c2cccs2)nc2c1CCNC2. The largest absolute Gasteiger partial charge is 0.330 e. The first-order chi connectivity index (χ1) is 7.36. The Hall–Kier alpha value is -1.13. The van der Waals surface area contributed by atoms with Gasteiger partial charge in [-0.3, -0.25) is 0 Å². The predicted molar refractivity (Wildman–Crippen MR) is 61.9 cm³/mol. The van der Waals surface area contributed by atoms with E-state index in [1.807, 2.05) is 0 Å². The molecule has 0 bridgehead atoms. The molecule has 2 aromatic rings. The molecule has 0 amide bonds. The summed E-state index contributed by atoms with van der Waals surface area (Å²) in [5, 5.41) is 5.45. The Bertz CT molecular complexity index is 470. The normalized spacial score (nSPS) is 15.3. The number of thiophene rings is 1. The van der Waals surface area contributed by atoms with Gasteiger partial charge in [-0.2, -0.15) is 0 Å². The number of nitrogens with one attached hydrogen (secondary N) is 1. The molecule has 3 heterocycles. The fourth-order valence-electron chi connectivity index (χ4n) is 2.08. The Morgan fingerprint density at radius 2 is 2.47 bits per heavy atom. The number of fused-ring (bicyclic) bond motifs is 1. The average molecular weight is 219 g/mol. The van der Waals surface area contributed by atoms with Crippen LogP contribution in [-0.4, -0.2) is 16.1 Å². The van der Waals surface area contributed by atoms with E-state index in [4.69, 9.17) is 4.98 Å². The van der Waals surface area contributed by atoms with Crippen molar-refractivity contribution in [3.05, 3.63) is 28.9 Å². The number of imidazole rings is 1. The molecule has 3 rings (SSSR count). The van der Waals surface area contributed by atoms with Gasteiger partial charge in [0.2, 0.25) is 0 Å². The molecule has 0 saturated carbocycles.